The van der Waals surface area contributed by atoms with Gasteiger partial charge < -0.3 is 5.32 Å². The topological polar surface area (TPSA) is 114 Å². The highest BCUT2D eigenvalue weighted by Crippen LogP contribution is 2.48. The lowest BCUT2D eigenvalue weighted by Gasteiger charge is -2.09. The Morgan fingerprint density at radius 3 is 2.59 bits per heavy atom. The minimum absolute atomic E-state index is 0.0522. The van der Waals surface area contributed by atoms with Gasteiger partial charge in [-0.1, -0.05) is 25.1 Å². The molecule has 9 heteroatoms. The van der Waals surface area contributed by atoms with E-state index >= 15 is 0 Å². The van der Waals surface area contributed by atoms with Gasteiger partial charge in [0.1, 0.15) is 11.6 Å². The van der Waals surface area contributed by atoms with E-state index in [9.17, 15) is 13.2 Å². The predicted molar refractivity (Wildman–Crippen MR) is 130 cm³/mol. The summed E-state index contributed by atoms with van der Waals surface area (Å²) in [6, 6.07) is 15.3. The van der Waals surface area contributed by atoms with Gasteiger partial charge in [0.05, 0.1) is 10.4 Å². The molecule has 3 heterocycles. The first-order valence-corrected chi connectivity index (χ1v) is 12.5. The number of sulfonamides is 1. The monoisotopic (exact) mass is 473 g/mol. The number of hydrogen-bond acceptors (Lipinski definition) is 6. The quantitative estimate of drug-likeness (QED) is 0.417. The third-order valence-corrected chi connectivity index (χ3v) is 7.33. The number of fused-ring (bicyclic) bond motifs is 1. The van der Waals surface area contributed by atoms with E-state index in [0.29, 0.717) is 12.2 Å². The van der Waals surface area contributed by atoms with Crippen LogP contribution in [0.3, 0.4) is 0 Å². The molecule has 1 amide bonds. The molecule has 2 unspecified atom stereocenters. The molecule has 4 aromatic rings. The molecule has 0 saturated heterocycles. The van der Waals surface area contributed by atoms with Gasteiger partial charge in [-0.15, -0.1) is 0 Å². The van der Waals surface area contributed by atoms with Crippen molar-refractivity contribution in [3.8, 4) is 0 Å². The normalized spacial score (nSPS) is 17.3. The van der Waals surface area contributed by atoms with E-state index in [1.807, 2.05) is 13.0 Å². The molecule has 1 aliphatic carbocycles. The SMILES string of the molecule is CCc1cncc2ccc(NC(=O)C3CC3c3ccc(S(=O)(=O)Nc4ccccn4)cc3)nc12. The van der Waals surface area contributed by atoms with Crippen molar-refractivity contribution in [1.29, 1.82) is 0 Å². The summed E-state index contributed by atoms with van der Waals surface area (Å²) < 4.78 is 27.6. The molecule has 1 aliphatic rings. The van der Waals surface area contributed by atoms with Crippen molar-refractivity contribution in [3.05, 3.63) is 84.3 Å². The molecule has 2 atom stereocenters. The van der Waals surface area contributed by atoms with Crippen LogP contribution in [0.5, 0.6) is 0 Å². The standard InChI is InChI=1S/C25H23N5O3S/c1-2-16-14-26-15-18-8-11-23(28-24(16)18)29-25(31)21-13-20(21)17-6-9-19(10-7-17)34(32,33)30-22-5-3-4-12-27-22/h3-12,14-15,20-21H,2,13H2,1H3,(H,27,30)(H,28,29,31). The van der Waals surface area contributed by atoms with Crippen LogP contribution in [0.4, 0.5) is 11.6 Å². The smallest absolute Gasteiger partial charge is 0.263 e. The number of aromatic nitrogens is 3. The number of aryl methyl sites for hydroxylation is 1. The Kier molecular flexibility index (Phi) is 5.70. The van der Waals surface area contributed by atoms with E-state index in [2.05, 4.69) is 25.0 Å². The van der Waals surface area contributed by atoms with Crippen molar-refractivity contribution in [2.45, 2.75) is 30.6 Å². The average Bonchev–Trinajstić information content (AvgIpc) is 3.65. The van der Waals surface area contributed by atoms with E-state index in [4.69, 9.17) is 0 Å². The first-order valence-electron chi connectivity index (χ1n) is 11.0. The van der Waals surface area contributed by atoms with Gasteiger partial charge in [-0.2, -0.15) is 0 Å². The first-order chi connectivity index (χ1) is 16.4. The van der Waals surface area contributed by atoms with Crippen LogP contribution in [-0.2, 0) is 21.2 Å². The van der Waals surface area contributed by atoms with Crippen molar-refractivity contribution in [1.82, 2.24) is 15.0 Å². The number of carbonyl (C=O) groups excluding carboxylic acids is 1. The number of amides is 1. The summed E-state index contributed by atoms with van der Waals surface area (Å²) in [7, 11) is -3.73. The fraction of sp³-hybridized carbons (Fsp3) is 0.200. The van der Waals surface area contributed by atoms with Gasteiger partial charge in [-0.25, -0.2) is 18.4 Å². The number of rotatable bonds is 7. The number of nitrogens with one attached hydrogen (secondary N) is 2. The van der Waals surface area contributed by atoms with Gasteiger partial charge in [-0.3, -0.25) is 14.5 Å². The zero-order valence-corrected chi connectivity index (χ0v) is 19.3. The molecule has 0 radical (unpaired) electrons. The maximum Gasteiger partial charge on any atom is 0.263 e. The Labute approximate surface area is 197 Å². The Bertz CT molecular complexity index is 1460. The van der Waals surface area contributed by atoms with Crippen LogP contribution in [0, 0.1) is 5.92 Å². The van der Waals surface area contributed by atoms with Gasteiger partial charge in [0, 0.05) is 29.9 Å². The molecule has 2 N–H and O–H groups in total. The zero-order chi connectivity index (χ0) is 23.7. The van der Waals surface area contributed by atoms with Crippen LogP contribution in [0.1, 0.15) is 30.4 Å². The molecule has 1 aromatic carbocycles. The van der Waals surface area contributed by atoms with Gasteiger partial charge in [0.25, 0.3) is 10.0 Å². The third-order valence-electron chi connectivity index (χ3n) is 5.96. The lowest BCUT2D eigenvalue weighted by Crippen LogP contribution is -2.16. The van der Waals surface area contributed by atoms with E-state index in [1.54, 1.807) is 60.9 Å². The Balaban J connectivity index is 1.25. The van der Waals surface area contributed by atoms with E-state index < -0.39 is 10.0 Å². The molecule has 172 valence electrons. The largest absolute Gasteiger partial charge is 0.310 e. The second-order valence-electron chi connectivity index (χ2n) is 8.25. The zero-order valence-electron chi connectivity index (χ0n) is 18.5. The average molecular weight is 474 g/mol. The van der Waals surface area contributed by atoms with Gasteiger partial charge in [0.15, 0.2) is 0 Å². The lowest BCUT2D eigenvalue weighted by molar-refractivity contribution is -0.117. The van der Waals surface area contributed by atoms with Crippen molar-refractivity contribution < 1.29 is 13.2 Å². The second kappa shape index (κ2) is 8.83. The Morgan fingerprint density at radius 1 is 1.03 bits per heavy atom. The van der Waals surface area contributed by atoms with Crippen LogP contribution in [-0.4, -0.2) is 29.3 Å². The van der Waals surface area contributed by atoms with Crippen molar-refractivity contribution >= 4 is 38.5 Å². The van der Waals surface area contributed by atoms with Crippen molar-refractivity contribution in [2.24, 2.45) is 5.92 Å². The van der Waals surface area contributed by atoms with Crippen molar-refractivity contribution in [2.75, 3.05) is 10.0 Å². The van der Waals surface area contributed by atoms with Crippen molar-refractivity contribution in [3.63, 3.8) is 0 Å². The summed E-state index contributed by atoms with van der Waals surface area (Å²) in [4.78, 5) is 25.8. The summed E-state index contributed by atoms with van der Waals surface area (Å²) in [5.41, 5.74) is 2.81. The maximum atomic E-state index is 12.8. The molecular formula is C25H23N5O3S. The molecule has 1 saturated carbocycles. The summed E-state index contributed by atoms with van der Waals surface area (Å²) >= 11 is 0. The Morgan fingerprint density at radius 2 is 1.85 bits per heavy atom. The van der Waals surface area contributed by atoms with Crippen LogP contribution < -0.4 is 10.0 Å². The summed E-state index contributed by atoms with van der Waals surface area (Å²) in [6.45, 7) is 2.04. The number of pyridine rings is 3. The lowest BCUT2D eigenvalue weighted by atomic mass is 10.1. The molecule has 0 bridgehead atoms. The predicted octanol–water partition coefficient (Wildman–Crippen LogP) is 4.13. The molecule has 1 fully saturated rings. The van der Waals surface area contributed by atoms with Crippen LogP contribution >= 0.6 is 0 Å². The molecule has 0 spiro atoms. The van der Waals surface area contributed by atoms with Gasteiger partial charge in [-0.05, 0) is 66.3 Å². The van der Waals surface area contributed by atoms with E-state index in [1.165, 1.54) is 6.20 Å². The van der Waals surface area contributed by atoms with Crippen LogP contribution in [0.2, 0.25) is 0 Å². The number of hydrogen-bond donors (Lipinski definition) is 2. The molecular weight excluding hydrogens is 450 g/mol. The molecule has 0 aliphatic heterocycles. The number of anilines is 2. The third kappa shape index (κ3) is 4.47. The summed E-state index contributed by atoms with van der Waals surface area (Å²) in [5.74, 6) is 0.574. The molecule has 34 heavy (non-hydrogen) atoms. The Hall–Kier alpha value is -3.85. The van der Waals surface area contributed by atoms with E-state index in [0.717, 1.165) is 28.5 Å². The van der Waals surface area contributed by atoms with E-state index in [-0.39, 0.29) is 28.5 Å². The van der Waals surface area contributed by atoms with Crippen LogP contribution in [0.15, 0.2) is 78.1 Å². The number of benzene rings is 1. The molecule has 5 rings (SSSR count). The summed E-state index contributed by atoms with van der Waals surface area (Å²) in [6.07, 6.45) is 6.60. The highest BCUT2D eigenvalue weighted by molar-refractivity contribution is 7.92. The summed E-state index contributed by atoms with van der Waals surface area (Å²) in [5, 5.41) is 3.87. The number of nitrogens with zero attached hydrogens (tertiary/aromatic N) is 3. The first kappa shape index (κ1) is 22.0. The number of carbonyl (C=O) groups is 1. The fourth-order valence-corrected chi connectivity index (χ4v) is 5.02. The maximum absolute atomic E-state index is 12.8. The minimum atomic E-state index is -3.73. The van der Waals surface area contributed by atoms with Gasteiger partial charge >= 0.3 is 0 Å². The minimum Gasteiger partial charge on any atom is -0.310 e. The van der Waals surface area contributed by atoms with Crippen LogP contribution in [0.25, 0.3) is 10.9 Å². The fourth-order valence-electron chi connectivity index (χ4n) is 4.01. The second-order valence-corrected chi connectivity index (χ2v) is 9.93. The highest BCUT2D eigenvalue weighted by Gasteiger charge is 2.44. The van der Waals surface area contributed by atoms with Gasteiger partial charge in [0.2, 0.25) is 5.91 Å². The molecule has 8 nitrogen and oxygen atoms in total. The highest BCUT2D eigenvalue weighted by atomic mass is 32.2. The molecule has 3 aromatic heterocycles.